The SMILES string of the molecule is COc1ccc(CN(C)Cn2ncn(CCc3ccccn3)c2=S)cc1OC(F)F. The summed E-state index contributed by atoms with van der Waals surface area (Å²) in [6, 6.07) is 10.8. The predicted molar refractivity (Wildman–Crippen MR) is 110 cm³/mol. The fraction of sp³-hybridized carbons (Fsp3) is 0.350. The number of halogens is 2. The lowest BCUT2D eigenvalue weighted by molar-refractivity contribution is -0.0512. The molecule has 0 bridgehead atoms. The van der Waals surface area contributed by atoms with Gasteiger partial charge in [-0.2, -0.15) is 13.9 Å². The van der Waals surface area contributed by atoms with E-state index in [-0.39, 0.29) is 11.5 Å². The second-order valence-electron chi connectivity index (χ2n) is 6.70. The third-order valence-electron chi connectivity index (χ3n) is 4.40. The van der Waals surface area contributed by atoms with Crippen LogP contribution in [0.4, 0.5) is 8.78 Å². The largest absolute Gasteiger partial charge is 0.493 e. The molecule has 10 heteroatoms. The van der Waals surface area contributed by atoms with Gasteiger partial charge in [-0.1, -0.05) is 12.1 Å². The first-order valence-electron chi connectivity index (χ1n) is 9.28. The molecule has 0 atom stereocenters. The fourth-order valence-electron chi connectivity index (χ4n) is 3.00. The zero-order valence-electron chi connectivity index (χ0n) is 16.7. The molecular formula is C20H23F2N5O2S. The molecule has 0 unspecified atom stereocenters. The van der Waals surface area contributed by atoms with Crippen LogP contribution in [0.2, 0.25) is 0 Å². The van der Waals surface area contributed by atoms with E-state index in [0.717, 1.165) is 17.7 Å². The number of rotatable bonds is 10. The molecule has 30 heavy (non-hydrogen) atoms. The highest BCUT2D eigenvalue weighted by Crippen LogP contribution is 2.29. The van der Waals surface area contributed by atoms with Crippen molar-refractivity contribution in [1.29, 1.82) is 0 Å². The molecule has 2 heterocycles. The highest BCUT2D eigenvalue weighted by atomic mass is 32.1. The number of hydrogen-bond acceptors (Lipinski definition) is 6. The van der Waals surface area contributed by atoms with Crippen molar-refractivity contribution < 1.29 is 18.3 Å². The lowest BCUT2D eigenvalue weighted by Crippen LogP contribution is -2.22. The molecular weight excluding hydrogens is 412 g/mol. The van der Waals surface area contributed by atoms with Gasteiger partial charge in [0.15, 0.2) is 16.3 Å². The highest BCUT2D eigenvalue weighted by molar-refractivity contribution is 7.71. The van der Waals surface area contributed by atoms with Gasteiger partial charge in [0.25, 0.3) is 0 Å². The maximum Gasteiger partial charge on any atom is 0.387 e. The van der Waals surface area contributed by atoms with Crippen molar-refractivity contribution in [3.8, 4) is 11.5 Å². The van der Waals surface area contributed by atoms with Crippen molar-refractivity contribution in [1.82, 2.24) is 24.2 Å². The topological polar surface area (TPSA) is 57.3 Å². The Morgan fingerprint density at radius 1 is 1.20 bits per heavy atom. The lowest BCUT2D eigenvalue weighted by atomic mass is 10.2. The van der Waals surface area contributed by atoms with E-state index in [0.29, 0.717) is 24.5 Å². The van der Waals surface area contributed by atoms with E-state index in [1.165, 1.54) is 7.11 Å². The smallest absolute Gasteiger partial charge is 0.387 e. The number of aromatic nitrogens is 4. The van der Waals surface area contributed by atoms with Gasteiger partial charge in [0.05, 0.1) is 13.8 Å². The Morgan fingerprint density at radius 3 is 2.73 bits per heavy atom. The predicted octanol–water partition coefficient (Wildman–Crippen LogP) is 3.75. The van der Waals surface area contributed by atoms with E-state index in [1.807, 2.05) is 34.7 Å². The number of methoxy groups -OCH3 is 1. The highest BCUT2D eigenvalue weighted by Gasteiger charge is 2.13. The summed E-state index contributed by atoms with van der Waals surface area (Å²) in [5, 5.41) is 4.36. The zero-order valence-corrected chi connectivity index (χ0v) is 17.6. The van der Waals surface area contributed by atoms with E-state index < -0.39 is 6.61 Å². The van der Waals surface area contributed by atoms with E-state index in [2.05, 4.69) is 14.8 Å². The van der Waals surface area contributed by atoms with Crippen LogP contribution in [-0.4, -0.2) is 45.0 Å². The Balaban J connectivity index is 1.62. The van der Waals surface area contributed by atoms with E-state index in [4.69, 9.17) is 17.0 Å². The summed E-state index contributed by atoms with van der Waals surface area (Å²) in [4.78, 5) is 6.29. The van der Waals surface area contributed by atoms with Gasteiger partial charge < -0.3 is 14.0 Å². The molecule has 0 fully saturated rings. The minimum absolute atomic E-state index is 0.00816. The van der Waals surface area contributed by atoms with Gasteiger partial charge in [0.2, 0.25) is 0 Å². The van der Waals surface area contributed by atoms with Crippen LogP contribution in [0.3, 0.4) is 0 Å². The third kappa shape index (κ3) is 5.83. The fourth-order valence-corrected chi connectivity index (χ4v) is 3.24. The van der Waals surface area contributed by atoms with Crippen molar-refractivity contribution >= 4 is 12.2 Å². The minimum Gasteiger partial charge on any atom is -0.493 e. The van der Waals surface area contributed by atoms with Crippen LogP contribution < -0.4 is 9.47 Å². The van der Waals surface area contributed by atoms with Crippen molar-refractivity contribution in [3.63, 3.8) is 0 Å². The Labute approximate surface area is 178 Å². The monoisotopic (exact) mass is 435 g/mol. The standard InChI is InChI=1S/C20H23F2N5O2S/c1-25(12-15-6-7-17(28-2)18(11-15)29-19(21)22)14-27-20(30)26(13-24-27)10-8-16-5-3-4-9-23-16/h3-7,9,11,13,19H,8,10,12,14H2,1-2H3. The van der Waals surface area contributed by atoms with Gasteiger partial charge in [0.1, 0.15) is 6.33 Å². The maximum atomic E-state index is 12.6. The van der Waals surface area contributed by atoms with Crippen LogP contribution in [-0.2, 0) is 26.2 Å². The molecule has 2 aromatic heterocycles. The van der Waals surface area contributed by atoms with Crippen molar-refractivity contribution in [2.45, 2.75) is 32.8 Å². The number of hydrogen-bond donors (Lipinski definition) is 0. The molecule has 0 saturated carbocycles. The molecule has 0 radical (unpaired) electrons. The number of alkyl halides is 2. The van der Waals surface area contributed by atoms with Gasteiger partial charge in [-0.05, 0) is 49.1 Å². The van der Waals surface area contributed by atoms with Gasteiger partial charge in [0, 0.05) is 31.4 Å². The molecule has 0 aliphatic heterocycles. The number of nitrogens with zero attached hydrogens (tertiary/aromatic N) is 5. The molecule has 3 rings (SSSR count). The van der Waals surface area contributed by atoms with Crippen molar-refractivity contribution in [2.75, 3.05) is 14.2 Å². The van der Waals surface area contributed by atoms with E-state index in [9.17, 15) is 8.78 Å². The van der Waals surface area contributed by atoms with Gasteiger partial charge in [-0.25, -0.2) is 4.68 Å². The summed E-state index contributed by atoms with van der Waals surface area (Å²) in [6.45, 7) is -1.29. The molecule has 3 aromatic rings. The van der Waals surface area contributed by atoms with Gasteiger partial charge >= 0.3 is 6.61 Å². The average molecular weight is 436 g/mol. The first-order valence-corrected chi connectivity index (χ1v) is 9.69. The van der Waals surface area contributed by atoms with Crippen LogP contribution in [0.1, 0.15) is 11.3 Å². The van der Waals surface area contributed by atoms with Gasteiger partial charge in [-0.15, -0.1) is 0 Å². The zero-order chi connectivity index (χ0) is 21.5. The second-order valence-corrected chi connectivity index (χ2v) is 7.06. The molecule has 0 aliphatic carbocycles. The van der Waals surface area contributed by atoms with Gasteiger partial charge in [-0.3, -0.25) is 9.88 Å². The van der Waals surface area contributed by atoms with Crippen molar-refractivity contribution in [3.05, 3.63) is 65.0 Å². The molecule has 0 saturated heterocycles. The lowest BCUT2D eigenvalue weighted by Gasteiger charge is -2.18. The summed E-state index contributed by atoms with van der Waals surface area (Å²) in [5.41, 5.74) is 1.79. The summed E-state index contributed by atoms with van der Waals surface area (Å²) < 4.78 is 39.1. The molecule has 7 nitrogen and oxygen atoms in total. The normalized spacial score (nSPS) is 11.3. The molecule has 0 spiro atoms. The molecule has 160 valence electrons. The Kier molecular flexibility index (Phi) is 7.47. The second kappa shape index (κ2) is 10.3. The third-order valence-corrected chi connectivity index (χ3v) is 4.85. The van der Waals surface area contributed by atoms with E-state index in [1.54, 1.807) is 35.4 Å². The van der Waals surface area contributed by atoms with Crippen LogP contribution in [0.5, 0.6) is 11.5 Å². The van der Waals surface area contributed by atoms with Crippen LogP contribution in [0.15, 0.2) is 48.9 Å². The molecule has 0 aliphatic rings. The summed E-state index contributed by atoms with van der Waals surface area (Å²) in [7, 11) is 3.30. The minimum atomic E-state index is -2.92. The summed E-state index contributed by atoms with van der Waals surface area (Å²) in [6.07, 6.45) is 4.24. The van der Waals surface area contributed by atoms with E-state index >= 15 is 0 Å². The Hall–Kier alpha value is -2.85. The quantitative estimate of drug-likeness (QED) is 0.452. The number of aryl methyl sites for hydroxylation is 2. The maximum absolute atomic E-state index is 12.6. The first kappa shape index (κ1) is 21.8. The molecule has 0 N–H and O–H groups in total. The summed E-state index contributed by atoms with van der Waals surface area (Å²) in [5.74, 6) is 0.268. The number of benzene rings is 1. The Bertz CT molecular complexity index is 1010. The van der Waals surface area contributed by atoms with Crippen LogP contribution in [0, 0.1) is 4.77 Å². The molecule has 0 amide bonds. The summed E-state index contributed by atoms with van der Waals surface area (Å²) >= 11 is 5.52. The van der Waals surface area contributed by atoms with Crippen molar-refractivity contribution in [2.24, 2.45) is 0 Å². The first-order chi connectivity index (χ1) is 14.5. The number of ether oxygens (including phenoxy) is 2. The molecule has 1 aromatic carbocycles. The average Bonchev–Trinajstić information content (AvgIpc) is 3.06. The number of pyridine rings is 1. The van der Waals surface area contributed by atoms with Crippen LogP contribution in [0.25, 0.3) is 0 Å². The Morgan fingerprint density at radius 2 is 2.03 bits per heavy atom. The van der Waals surface area contributed by atoms with Crippen LogP contribution >= 0.6 is 12.2 Å².